The molecule has 0 N–H and O–H groups in total. The molecule has 2 aromatic rings. The van der Waals surface area contributed by atoms with Gasteiger partial charge in [0.05, 0.1) is 11.1 Å². The molecule has 0 atom stereocenters. The minimum Gasteiger partial charge on any atom is -0.454 e. The van der Waals surface area contributed by atoms with Crippen LogP contribution in [-0.2, 0) is 10.9 Å². The second-order valence-corrected chi connectivity index (χ2v) is 5.02. The van der Waals surface area contributed by atoms with Crippen LogP contribution in [0.25, 0.3) is 0 Å². The lowest BCUT2D eigenvalue weighted by Gasteiger charge is -2.08. The van der Waals surface area contributed by atoms with Gasteiger partial charge < -0.3 is 4.74 Å². The van der Waals surface area contributed by atoms with Crippen molar-refractivity contribution in [1.29, 1.82) is 0 Å². The first-order valence-electron chi connectivity index (χ1n) is 6.40. The Morgan fingerprint density at radius 3 is 2.30 bits per heavy atom. The van der Waals surface area contributed by atoms with Gasteiger partial charge in [-0.05, 0) is 30.3 Å². The number of halogens is 4. The van der Waals surface area contributed by atoms with Crippen molar-refractivity contribution in [2.24, 2.45) is 0 Å². The summed E-state index contributed by atoms with van der Waals surface area (Å²) in [5.74, 6) is -1.51. The number of hydrogen-bond acceptors (Lipinski definition) is 3. The fourth-order valence-electron chi connectivity index (χ4n) is 1.78. The normalized spacial score (nSPS) is 11.1. The van der Waals surface area contributed by atoms with Gasteiger partial charge in [0, 0.05) is 10.6 Å². The fourth-order valence-corrected chi connectivity index (χ4v) is 1.97. The maximum absolute atomic E-state index is 12.6. The molecule has 0 heterocycles. The van der Waals surface area contributed by atoms with Crippen LogP contribution in [0.2, 0.25) is 5.02 Å². The second kappa shape index (κ2) is 6.83. The van der Waals surface area contributed by atoms with Crippen LogP contribution in [-0.4, -0.2) is 18.4 Å². The first-order valence-corrected chi connectivity index (χ1v) is 6.78. The molecule has 0 aliphatic heterocycles. The molecule has 0 aromatic heterocycles. The summed E-state index contributed by atoms with van der Waals surface area (Å²) in [7, 11) is 0. The maximum Gasteiger partial charge on any atom is 0.416 e. The summed E-state index contributed by atoms with van der Waals surface area (Å²) >= 11 is 5.73. The standard InChI is InChI=1S/C16H10ClF3O3/c17-13-6-2-4-11(8-13)15(22)23-9-14(21)10-3-1-5-12(7-10)16(18,19)20/h1-8H,9H2. The van der Waals surface area contributed by atoms with E-state index in [1.807, 2.05) is 0 Å². The average molecular weight is 343 g/mol. The van der Waals surface area contributed by atoms with Gasteiger partial charge in [0.1, 0.15) is 0 Å². The third-order valence-electron chi connectivity index (χ3n) is 2.91. The minimum atomic E-state index is -4.55. The van der Waals surface area contributed by atoms with Crippen LogP contribution >= 0.6 is 11.6 Å². The molecular formula is C16H10ClF3O3. The molecule has 0 aliphatic rings. The molecule has 0 radical (unpaired) electrons. The molecule has 3 nitrogen and oxygen atoms in total. The van der Waals surface area contributed by atoms with Gasteiger partial charge in [-0.3, -0.25) is 4.79 Å². The molecule has 0 saturated carbocycles. The zero-order valence-electron chi connectivity index (χ0n) is 11.6. The maximum atomic E-state index is 12.6. The monoisotopic (exact) mass is 342 g/mol. The summed E-state index contributed by atoms with van der Waals surface area (Å²) in [5, 5.41) is 0.323. The minimum absolute atomic E-state index is 0.148. The van der Waals surface area contributed by atoms with Gasteiger partial charge in [0.2, 0.25) is 0 Å². The summed E-state index contributed by atoms with van der Waals surface area (Å²) < 4.78 is 42.6. The van der Waals surface area contributed by atoms with E-state index in [0.29, 0.717) is 5.02 Å². The van der Waals surface area contributed by atoms with Gasteiger partial charge in [-0.15, -0.1) is 0 Å². The molecule has 2 aromatic carbocycles. The third kappa shape index (κ3) is 4.56. The van der Waals surface area contributed by atoms with Gasteiger partial charge in [-0.25, -0.2) is 4.79 Å². The molecule has 0 fully saturated rings. The number of ether oxygens (including phenoxy) is 1. The highest BCUT2D eigenvalue weighted by atomic mass is 35.5. The number of carbonyl (C=O) groups is 2. The number of ketones is 1. The van der Waals surface area contributed by atoms with Crippen LogP contribution in [0.4, 0.5) is 13.2 Å². The largest absolute Gasteiger partial charge is 0.454 e. The molecule has 23 heavy (non-hydrogen) atoms. The van der Waals surface area contributed by atoms with E-state index >= 15 is 0 Å². The van der Waals surface area contributed by atoms with E-state index in [-0.39, 0.29) is 11.1 Å². The quantitative estimate of drug-likeness (QED) is 0.611. The van der Waals surface area contributed by atoms with Crippen molar-refractivity contribution in [1.82, 2.24) is 0 Å². The molecule has 0 unspecified atom stereocenters. The smallest absolute Gasteiger partial charge is 0.416 e. The van der Waals surface area contributed by atoms with Crippen LogP contribution in [0.1, 0.15) is 26.3 Å². The summed E-state index contributed by atoms with van der Waals surface area (Å²) in [6.07, 6.45) is -4.55. The topological polar surface area (TPSA) is 43.4 Å². The van der Waals surface area contributed by atoms with Crippen molar-refractivity contribution in [2.45, 2.75) is 6.18 Å². The van der Waals surface area contributed by atoms with E-state index in [2.05, 4.69) is 0 Å². The average Bonchev–Trinajstić information content (AvgIpc) is 2.51. The summed E-state index contributed by atoms with van der Waals surface area (Å²) in [6, 6.07) is 9.82. The van der Waals surface area contributed by atoms with Crippen molar-refractivity contribution < 1.29 is 27.5 Å². The lowest BCUT2D eigenvalue weighted by Crippen LogP contribution is -2.15. The lowest BCUT2D eigenvalue weighted by molar-refractivity contribution is -0.137. The predicted octanol–water partition coefficient (Wildman–Crippen LogP) is 4.40. The Labute approximate surface area is 134 Å². The van der Waals surface area contributed by atoms with Gasteiger partial charge in [0.25, 0.3) is 0 Å². The van der Waals surface area contributed by atoms with Crippen LogP contribution < -0.4 is 0 Å². The highest BCUT2D eigenvalue weighted by Gasteiger charge is 2.30. The van der Waals surface area contributed by atoms with Gasteiger partial charge in [-0.2, -0.15) is 13.2 Å². The second-order valence-electron chi connectivity index (χ2n) is 4.59. The van der Waals surface area contributed by atoms with Gasteiger partial charge in [0.15, 0.2) is 12.4 Å². The Balaban J connectivity index is 2.04. The van der Waals surface area contributed by atoms with E-state index < -0.39 is 30.1 Å². The van der Waals surface area contributed by atoms with Gasteiger partial charge in [-0.1, -0.05) is 29.8 Å². The Morgan fingerprint density at radius 2 is 1.65 bits per heavy atom. The molecule has 0 aliphatic carbocycles. The number of hydrogen-bond donors (Lipinski definition) is 0. The van der Waals surface area contributed by atoms with Crippen molar-refractivity contribution in [3.63, 3.8) is 0 Å². The Kier molecular flexibility index (Phi) is 5.05. The SMILES string of the molecule is O=C(COC(=O)c1cccc(Cl)c1)c1cccc(C(F)(F)F)c1. The molecule has 120 valence electrons. The summed E-state index contributed by atoms with van der Waals surface area (Å²) in [6.45, 7) is -0.660. The van der Waals surface area contributed by atoms with E-state index in [9.17, 15) is 22.8 Å². The Hall–Kier alpha value is -2.34. The number of benzene rings is 2. The first-order chi connectivity index (χ1) is 10.8. The van der Waals surface area contributed by atoms with E-state index in [1.165, 1.54) is 24.3 Å². The lowest BCUT2D eigenvalue weighted by atomic mass is 10.1. The predicted molar refractivity (Wildman–Crippen MR) is 77.5 cm³/mol. The highest BCUT2D eigenvalue weighted by Crippen LogP contribution is 2.29. The van der Waals surface area contributed by atoms with Crippen molar-refractivity contribution in [3.05, 3.63) is 70.2 Å². The number of Topliss-reactive ketones (excluding diaryl/α,β-unsaturated/α-hetero) is 1. The molecule has 0 bridgehead atoms. The summed E-state index contributed by atoms with van der Waals surface area (Å²) in [4.78, 5) is 23.6. The molecule has 2 rings (SSSR count). The molecule has 0 saturated heterocycles. The first kappa shape index (κ1) is 17.0. The van der Waals surface area contributed by atoms with Crippen LogP contribution in [0.15, 0.2) is 48.5 Å². The van der Waals surface area contributed by atoms with Gasteiger partial charge >= 0.3 is 12.1 Å². The van der Waals surface area contributed by atoms with Crippen molar-refractivity contribution in [3.8, 4) is 0 Å². The van der Waals surface area contributed by atoms with Crippen LogP contribution in [0.5, 0.6) is 0 Å². The third-order valence-corrected chi connectivity index (χ3v) is 3.14. The van der Waals surface area contributed by atoms with E-state index in [1.54, 1.807) is 6.07 Å². The van der Waals surface area contributed by atoms with E-state index in [0.717, 1.165) is 18.2 Å². The van der Waals surface area contributed by atoms with Crippen molar-refractivity contribution >= 4 is 23.4 Å². The molecule has 0 amide bonds. The number of rotatable bonds is 4. The molecule has 0 spiro atoms. The Morgan fingerprint density at radius 1 is 1.00 bits per heavy atom. The Bertz CT molecular complexity index is 741. The number of esters is 1. The summed E-state index contributed by atoms with van der Waals surface area (Å²) in [5.41, 5.74) is -0.974. The van der Waals surface area contributed by atoms with E-state index in [4.69, 9.17) is 16.3 Å². The van der Waals surface area contributed by atoms with Crippen LogP contribution in [0, 0.1) is 0 Å². The van der Waals surface area contributed by atoms with Crippen molar-refractivity contribution in [2.75, 3.05) is 6.61 Å². The zero-order valence-corrected chi connectivity index (χ0v) is 12.3. The molecule has 7 heteroatoms. The fraction of sp³-hybridized carbons (Fsp3) is 0.125. The van der Waals surface area contributed by atoms with Crippen LogP contribution in [0.3, 0.4) is 0 Å². The highest BCUT2D eigenvalue weighted by molar-refractivity contribution is 6.30. The zero-order chi connectivity index (χ0) is 17.0. The number of alkyl halides is 3. The number of carbonyl (C=O) groups excluding carboxylic acids is 2. The molecular weight excluding hydrogens is 333 g/mol.